The van der Waals surface area contributed by atoms with Gasteiger partial charge in [-0.1, -0.05) is 24.3 Å². The van der Waals surface area contributed by atoms with Crippen molar-refractivity contribution in [2.75, 3.05) is 13.7 Å². The Morgan fingerprint density at radius 2 is 2.00 bits per heavy atom. The molecule has 2 fully saturated rings. The zero-order valence-electron chi connectivity index (χ0n) is 9.90. The Labute approximate surface area is 96.6 Å². The van der Waals surface area contributed by atoms with E-state index in [9.17, 15) is 0 Å². The minimum absolute atomic E-state index is 0.175. The van der Waals surface area contributed by atoms with E-state index in [-0.39, 0.29) is 11.7 Å². The Bertz CT molecular complexity index is 379. The summed E-state index contributed by atoms with van der Waals surface area (Å²) in [6, 6.07) is 8.54. The van der Waals surface area contributed by atoms with Crippen molar-refractivity contribution in [1.82, 2.24) is 0 Å². The number of ether oxygens (including phenoxy) is 2. The van der Waals surface area contributed by atoms with Gasteiger partial charge >= 0.3 is 0 Å². The third-order valence-corrected chi connectivity index (χ3v) is 3.90. The van der Waals surface area contributed by atoms with Gasteiger partial charge in [0.2, 0.25) is 0 Å². The number of epoxide rings is 1. The molecule has 0 N–H and O–H groups in total. The first-order valence-corrected chi connectivity index (χ1v) is 6.02. The Balaban J connectivity index is 2.07. The van der Waals surface area contributed by atoms with Crippen molar-refractivity contribution in [2.45, 2.75) is 31.5 Å². The molecule has 86 valence electrons. The van der Waals surface area contributed by atoms with Crippen molar-refractivity contribution in [2.24, 2.45) is 5.92 Å². The summed E-state index contributed by atoms with van der Waals surface area (Å²) in [5, 5.41) is 0. The van der Waals surface area contributed by atoms with E-state index >= 15 is 0 Å². The third kappa shape index (κ3) is 1.40. The fourth-order valence-electron chi connectivity index (χ4n) is 2.88. The summed E-state index contributed by atoms with van der Waals surface area (Å²) in [6.07, 6.45) is 2.80. The molecule has 0 aromatic heterocycles. The van der Waals surface area contributed by atoms with Gasteiger partial charge in [0, 0.05) is 7.11 Å². The van der Waals surface area contributed by atoms with E-state index in [1.165, 1.54) is 24.0 Å². The fourth-order valence-corrected chi connectivity index (χ4v) is 2.88. The van der Waals surface area contributed by atoms with Crippen LogP contribution in [0.25, 0.3) is 0 Å². The molecule has 2 heteroatoms. The molecule has 0 amide bonds. The average molecular weight is 218 g/mol. The van der Waals surface area contributed by atoms with E-state index < -0.39 is 0 Å². The predicted molar refractivity (Wildman–Crippen MR) is 62.3 cm³/mol. The van der Waals surface area contributed by atoms with Crippen molar-refractivity contribution in [1.29, 1.82) is 0 Å². The van der Waals surface area contributed by atoms with Crippen molar-refractivity contribution < 1.29 is 9.47 Å². The minimum atomic E-state index is -0.175. The van der Waals surface area contributed by atoms with Gasteiger partial charge < -0.3 is 9.47 Å². The standard InChI is InChI=1S/C14H18O2/c1-10-5-3-4-6-12(10)14(15-2,11-7-8-11)13-9-16-13/h3-6,11,13H,7-9H2,1-2H3/t13-,14?/m1/s1. The van der Waals surface area contributed by atoms with Gasteiger partial charge in [0.05, 0.1) is 6.61 Å². The molecule has 1 aliphatic carbocycles. The third-order valence-electron chi connectivity index (χ3n) is 3.90. The molecule has 1 heterocycles. The van der Waals surface area contributed by atoms with Gasteiger partial charge in [-0.25, -0.2) is 0 Å². The van der Waals surface area contributed by atoms with Crippen LogP contribution < -0.4 is 0 Å². The van der Waals surface area contributed by atoms with Gasteiger partial charge in [0.1, 0.15) is 11.7 Å². The number of benzene rings is 1. The minimum Gasteiger partial charge on any atom is -0.370 e. The summed E-state index contributed by atoms with van der Waals surface area (Å²) < 4.78 is 11.5. The quantitative estimate of drug-likeness (QED) is 0.725. The molecule has 1 aliphatic heterocycles. The van der Waals surface area contributed by atoms with E-state index in [1.54, 1.807) is 0 Å². The highest BCUT2D eigenvalue weighted by Gasteiger charge is 2.57. The highest BCUT2D eigenvalue weighted by molar-refractivity contribution is 5.35. The van der Waals surface area contributed by atoms with Crippen LogP contribution in [0.4, 0.5) is 0 Å². The second-order valence-corrected chi connectivity index (χ2v) is 4.91. The van der Waals surface area contributed by atoms with Gasteiger partial charge in [0.15, 0.2) is 0 Å². The molecule has 0 spiro atoms. The number of hydrogen-bond donors (Lipinski definition) is 0. The van der Waals surface area contributed by atoms with Gasteiger partial charge in [-0.2, -0.15) is 0 Å². The summed E-state index contributed by atoms with van der Waals surface area (Å²) in [5.41, 5.74) is 2.46. The maximum atomic E-state index is 5.93. The van der Waals surface area contributed by atoms with E-state index in [4.69, 9.17) is 9.47 Å². The first-order valence-electron chi connectivity index (χ1n) is 6.02. The molecule has 1 aromatic rings. The second-order valence-electron chi connectivity index (χ2n) is 4.91. The first kappa shape index (κ1) is 10.3. The summed E-state index contributed by atoms with van der Waals surface area (Å²) in [5.74, 6) is 0.645. The zero-order chi connectivity index (χ0) is 11.2. The Kier molecular flexibility index (Phi) is 2.30. The van der Waals surface area contributed by atoms with Gasteiger partial charge in [0.25, 0.3) is 0 Å². The SMILES string of the molecule is COC(c1ccccc1C)(C1CC1)[C@H]1CO1. The summed E-state index contributed by atoms with van der Waals surface area (Å²) in [7, 11) is 1.83. The Morgan fingerprint density at radius 1 is 1.31 bits per heavy atom. The maximum absolute atomic E-state index is 5.93. The summed E-state index contributed by atoms with van der Waals surface area (Å²) >= 11 is 0. The topological polar surface area (TPSA) is 21.8 Å². The molecule has 2 atom stereocenters. The smallest absolute Gasteiger partial charge is 0.124 e. The predicted octanol–water partition coefficient (Wildman–Crippen LogP) is 2.65. The molecule has 2 aliphatic rings. The molecule has 1 unspecified atom stereocenters. The lowest BCUT2D eigenvalue weighted by molar-refractivity contribution is -0.0566. The zero-order valence-corrected chi connectivity index (χ0v) is 9.90. The number of hydrogen-bond acceptors (Lipinski definition) is 2. The monoisotopic (exact) mass is 218 g/mol. The molecule has 1 aromatic carbocycles. The van der Waals surface area contributed by atoms with Crippen molar-refractivity contribution in [3.05, 3.63) is 35.4 Å². The van der Waals surface area contributed by atoms with Crippen LogP contribution in [0.1, 0.15) is 24.0 Å². The van der Waals surface area contributed by atoms with Gasteiger partial charge in [-0.05, 0) is 36.8 Å². The molecular formula is C14H18O2. The highest BCUT2D eigenvalue weighted by Crippen LogP contribution is 2.54. The molecule has 0 radical (unpaired) electrons. The fraction of sp³-hybridized carbons (Fsp3) is 0.571. The molecule has 1 saturated carbocycles. The lowest BCUT2D eigenvalue weighted by atomic mass is 9.83. The van der Waals surface area contributed by atoms with E-state index in [0.29, 0.717) is 5.92 Å². The second kappa shape index (κ2) is 3.57. The van der Waals surface area contributed by atoms with Crippen molar-refractivity contribution in [3.8, 4) is 0 Å². The summed E-state index contributed by atoms with van der Waals surface area (Å²) in [6.45, 7) is 3.01. The molecular weight excluding hydrogens is 200 g/mol. The van der Waals surface area contributed by atoms with Crippen LogP contribution in [0.3, 0.4) is 0 Å². The van der Waals surface area contributed by atoms with E-state index in [2.05, 4.69) is 31.2 Å². The van der Waals surface area contributed by atoms with Crippen LogP contribution in [0, 0.1) is 12.8 Å². The van der Waals surface area contributed by atoms with Crippen LogP contribution >= 0.6 is 0 Å². The lowest BCUT2D eigenvalue weighted by Gasteiger charge is -2.33. The van der Waals surface area contributed by atoms with Crippen LogP contribution in [0.15, 0.2) is 24.3 Å². The molecule has 0 bridgehead atoms. The van der Waals surface area contributed by atoms with E-state index in [0.717, 1.165) is 6.61 Å². The van der Waals surface area contributed by atoms with Crippen LogP contribution in [-0.2, 0) is 15.1 Å². The molecule has 1 saturated heterocycles. The van der Waals surface area contributed by atoms with E-state index in [1.807, 2.05) is 7.11 Å². The average Bonchev–Trinajstić information content (AvgIpc) is 3.16. The Hall–Kier alpha value is -0.860. The van der Waals surface area contributed by atoms with Gasteiger partial charge in [-0.15, -0.1) is 0 Å². The number of aryl methyl sites for hydroxylation is 1. The molecule has 3 rings (SSSR count). The first-order chi connectivity index (χ1) is 7.79. The normalized spacial score (nSPS) is 27.5. The van der Waals surface area contributed by atoms with Gasteiger partial charge in [-0.3, -0.25) is 0 Å². The summed E-state index contributed by atoms with van der Waals surface area (Å²) in [4.78, 5) is 0. The van der Waals surface area contributed by atoms with Crippen LogP contribution in [0.5, 0.6) is 0 Å². The maximum Gasteiger partial charge on any atom is 0.124 e. The Morgan fingerprint density at radius 3 is 2.50 bits per heavy atom. The van der Waals surface area contributed by atoms with Crippen molar-refractivity contribution >= 4 is 0 Å². The van der Waals surface area contributed by atoms with Crippen LogP contribution in [-0.4, -0.2) is 19.8 Å². The largest absolute Gasteiger partial charge is 0.370 e. The molecule has 16 heavy (non-hydrogen) atoms. The highest BCUT2D eigenvalue weighted by atomic mass is 16.6. The van der Waals surface area contributed by atoms with Crippen molar-refractivity contribution in [3.63, 3.8) is 0 Å². The number of methoxy groups -OCH3 is 1. The number of rotatable bonds is 4. The van der Waals surface area contributed by atoms with Crippen LogP contribution in [0.2, 0.25) is 0 Å². The molecule has 2 nitrogen and oxygen atoms in total. The lowest BCUT2D eigenvalue weighted by Crippen LogP contribution is -2.38.